The van der Waals surface area contributed by atoms with E-state index in [9.17, 15) is 0 Å². The van der Waals surface area contributed by atoms with Gasteiger partial charge in [0.05, 0.1) is 0 Å². The normalized spacial score (nSPS) is 31.1. The van der Waals surface area contributed by atoms with Crippen LogP contribution in [0.4, 0.5) is 0 Å². The molecule has 0 radical (unpaired) electrons. The predicted molar refractivity (Wildman–Crippen MR) is 69.2 cm³/mol. The fourth-order valence-electron chi connectivity index (χ4n) is 3.22. The van der Waals surface area contributed by atoms with Crippen molar-refractivity contribution in [2.45, 2.75) is 53.0 Å². The molecule has 94 valence electrons. The first kappa shape index (κ1) is 12.4. The molecule has 0 aliphatic heterocycles. The van der Waals surface area contributed by atoms with Crippen LogP contribution < -0.4 is 11.1 Å². The van der Waals surface area contributed by atoms with Crippen molar-refractivity contribution in [1.29, 1.82) is 0 Å². The second kappa shape index (κ2) is 3.46. The molecule has 16 heavy (non-hydrogen) atoms. The summed E-state index contributed by atoms with van der Waals surface area (Å²) in [4.78, 5) is 0. The van der Waals surface area contributed by atoms with Crippen molar-refractivity contribution >= 4 is 0 Å². The summed E-state index contributed by atoms with van der Waals surface area (Å²) in [6, 6.07) is 0. The fraction of sp³-hybridized carbons (Fsp3) is 1.00. The van der Waals surface area contributed by atoms with Gasteiger partial charge in [0.15, 0.2) is 0 Å². The average molecular weight is 224 g/mol. The van der Waals surface area contributed by atoms with E-state index in [2.05, 4.69) is 39.9 Å². The Morgan fingerprint density at radius 1 is 1.19 bits per heavy atom. The summed E-state index contributed by atoms with van der Waals surface area (Å²) < 4.78 is 0. The van der Waals surface area contributed by atoms with Crippen molar-refractivity contribution in [3.05, 3.63) is 0 Å². The molecule has 2 aliphatic carbocycles. The summed E-state index contributed by atoms with van der Waals surface area (Å²) in [6.45, 7) is 13.8. The van der Waals surface area contributed by atoms with Crippen LogP contribution in [-0.2, 0) is 0 Å². The monoisotopic (exact) mass is 224 g/mol. The molecule has 0 heterocycles. The molecule has 0 aromatic rings. The molecule has 1 atom stereocenters. The van der Waals surface area contributed by atoms with Crippen LogP contribution in [0.15, 0.2) is 0 Å². The molecule has 2 nitrogen and oxygen atoms in total. The smallest absolute Gasteiger partial charge is 0.0280 e. The topological polar surface area (TPSA) is 38.0 Å². The van der Waals surface area contributed by atoms with E-state index in [4.69, 9.17) is 5.73 Å². The van der Waals surface area contributed by atoms with E-state index in [1.165, 1.54) is 12.8 Å². The van der Waals surface area contributed by atoms with Crippen LogP contribution in [0.1, 0.15) is 47.5 Å². The van der Waals surface area contributed by atoms with Gasteiger partial charge >= 0.3 is 0 Å². The molecule has 3 N–H and O–H groups in total. The van der Waals surface area contributed by atoms with E-state index >= 15 is 0 Å². The van der Waals surface area contributed by atoms with Crippen molar-refractivity contribution in [2.24, 2.45) is 28.4 Å². The van der Waals surface area contributed by atoms with Crippen molar-refractivity contribution in [3.8, 4) is 0 Å². The maximum atomic E-state index is 6.30. The summed E-state index contributed by atoms with van der Waals surface area (Å²) in [7, 11) is 0. The van der Waals surface area contributed by atoms with E-state index in [1.807, 2.05) is 0 Å². The average Bonchev–Trinajstić information content (AvgIpc) is 2.99. The summed E-state index contributed by atoms with van der Waals surface area (Å²) in [5, 5.41) is 3.60. The fourth-order valence-corrected chi connectivity index (χ4v) is 3.22. The highest BCUT2D eigenvalue weighted by molar-refractivity contribution is 5.13. The van der Waals surface area contributed by atoms with E-state index in [-0.39, 0.29) is 5.54 Å². The minimum absolute atomic E-state index is 0.0170. The quantitative estimate of drug-likeness (QED) is 0.752. The molecule has 0 aromatic heterocycles. The SMILES string of the molecule is CC(N)(CNCC1C(C)(C)C1(C)C)C1CC1. The zero-order valence-electron chi connectivity index (χ0n) is 11.6. The van der Waals surface area contributed by atoms with Gasteiger partial charge in [-0.1, -0.05) is 27.7 Å². The molecule has 0 bridgehead atoms. The Labute approximate surface area is 100 Å². The Bertz CT molecular complexity index is 260. The minimum atomic E-state index is 0.0170. The van der Waals surface area contributed by atoms with E-state index in [0.717, 1.165) is 24.9 Å². The lowest BCUT2D eigenvalue weighted by Crippen LogP contribution is -2.48. The van der Waals surface area contributed by atoms with Crippen molar-refractivity contribution in [1.82, 2.24) is 5.32 Å². The van der Waals surface area contributed by atoms with Crippen LogP contribution >= 0.6 is 0 Å². The molecule has 0 spiro atoms. The molecule has 0 saturated heterocycles. The molecule has 2 aliphatic rings. The Balaban J connectivity index is 1.74. The summed E-state index contributed by atoms with van der Waals surface area (Å²) >= 11 is 0. The van der Waals surface area contributed by atoms with Gasteiger partial charge < -0.3 is 11.1 Å². The van der Waals surface area contributed by atoms with Crippen LogP contribution in [0, 0.1) is 22.7 Å². The molecule has 2 rings (SSSR count). The highest BCUT2D eigenvalue weighted by atomic mass is 15.0. The van der Waals surface area contributed by atoms with Gasteiger partial charge in [0, 0.05) is 12.1 Å². The molecule has 0 amide bonds. The molecule has 1 unspecified atom stereocenters. The second-order valence-corrected chi connectivity index (χ2v) is 7.41. The van der Waals surface area contributed by atoms with E-state index < -0.39 is 0 Å². The van der Waals surface area contributed by atoms with Crippen LogP contribution in [0.25, 0.3) is 0 Å². The number of hydrogen-bond acceptors (Lipinski definition) is 2. The largest absolute Gasteiger partial charge is 0.324 e. The zero-order valence-corrected chi connectivity index (χ0v) is 11.6. The predicted octanol–water partition coefficient (Wildman–Crippen LogP) is 2.39. The maximum Gasteiger partial charge on any atom is 0.0280 e. The third-order valence-corrected chi connectivity index (χ3v) is 5.68. The third kappa shape index (κ3) is 1.91. The summed E-state index contributed by atoms with van der Waals surface area (Å²) in [5.41, 5.74) is 7.30. The second-order valence-electron chi connectivity index (χ2n) is 7.41. The number of nitrogens with one attached hydrogen (secondary N) is 1. The van der Waals surface area contributed by atoms with Gasteiger partial charge in [-0.05, 0) is 49.0 Å². The maximum absolute atomic E-state index is 6.30. The molecule has 2 heteroatoms. The number of nitrogens with two attached hydrogens (primary N) is 1. The van der Waals surface area contributed by atoms with Crippen molar-refractivity contribution < 1.29 is 0 Å². The zero-order chi connectivity index (χ0) is 12.2. The Morgan fingerprint density at radius 2 is 1.69 bits per heavy atom. The van der Waals surface area contributed by atoms with Crippen LogP contribution in [0.3, 0.4) is 0 Å². The highest BCUT2D eigenvalue weighted by Gasteiger charge is 2.63. The van der Waals surface area contributed by atoms with Crippen LogP contribution in [0.2, 0.25) is 0 Å². The first-order chi connectivity index (χ1) is 7.19. The van der Waals surface area contributed by atoms with Gasteiger partial charge in [-0.2, -0.15) is 0 Å². The third-order valence-electron chi connectivity index (χ3n) is 5.68. The lowest BCUT2D eigenvalue weighted by molar-refractivity contribution is 0.370. The first-order valence-electron chi connectivity index (χ1n) is 6.69. The minimum Gasteiger partial charge on any atom is -0.324 e. The van der Waals surface area contributed by atoms with Gasteiger partial charge in [0.1, 0.15) is 0 Å². The van der Waals surface area contributed by atoms with E-state index in [0.29, 0.717) is 10.8 Å². The van der Waals surface area contributed by atoms with Crippen LogP contribution in [0.5, 0.6) is 0 Å². The Morgan fingerprint density at radius 3 is 2.06 bits per heavy atom. The lowest BCUT2D eigenvalue weighted by Gasteiger charge is -2.25. The highest BCUT2D eigenvalue weighted by Crippen LogP contribution is 2.67. The van der Waals surface area contributed by atoms with E-state index in [1.54, 1.807) is 0 Å². The van der Waals surface area contributed by atoms with Gasteiger partial charge in [-0.15, -0.1) is 0 Å². The standard InChI is InChI=1S/C14H28N2/c1-12(2)11(13(12,3)4)8-16-9-14(5,15)10-6-7-10/h10-11,16H,6-9,15H2,1-5H3. The van der Waals surface area contributed by atoms with Gasteiger partial charge in [-0.25, -0.2) is 0 Å². The van der Waals surface area contributed by atoms with Crippen LogP contribution in [-0.4, -0.2) is 18.6 Å². The Kier molecular flexibility index (Phi) is 2.67. The number of rotatable bonds is 5. The summed E-state index contributed by atoms with van der Waals surface area (Å²) in [5.74, 6) is 1.57. The Hall–Kier alpha value is -0.0800. The molecule has 0 aromatic carbocycles. The van der Waals surface area contributed by atoms with Gasteiger partial charge in [0.2, 0.25) is 0 Å². The molecular weight excluding hydrogens is 196 g/mol. The van der Waals surface area contributed by atoms with Gasteiger partial charge in [-0.3, -0.25) is 0 Å². The van der Waals surface area contributed by atoms with Gasteiger partial charge in [0.25, 0.3) is 0 Å². The van der Waals surface area contributed by atoms with Crippen molar-refractivity contribution in [2.75, 3.05) is 13.1 Å². The lowest BCUT2D eigenvalue weighted by atomic mass is 9.97. The molecule has 2 saturated carbocycles. The molecule has 2 fully saturated rings. The molecular formula is C14H28N2. The number of hydrogen-bond donors (Lipinski definition) is 2. The first-order valence-corrected chi connectivity index (χ1v) is 6.69. The summed E-state index contributed by atoms with van der Waals surface area (Å²) in [6.07, 6.45) is 2.66. The van der Waals surface area contributed by atoms with Crippen molar-refractivity contribution in [3.63, 3.8) is 0 Å².